The average molecular weight is 208 g/mol. The van der Waals surface area contributed by atoms with E-state index in [4.69, 9.17) is 9.47 Å². The van der Waals surface area contributed by atoms with E-state index >= 15 is 0 Å². The molecule has 0 bridgehead atoms. The van der Waals surface area contributed by atoms with Crippen molar-refractivity contribution in [3.8, 4) is 0 Å². The Bertz CT molecular complexity index is 302. The van der Waals surface area contributed by atoms with Crippen LogP contribution in [-0.4, -0.2) is 25.3 Å². The quantitative estimate of drug-likeness (QED) is 0.523. The molecule has 3 heteroatoms. The first-order valence-electron chi connectivity index (χ1n) is 4.87. The van der Waals surface area contributed by atoms with Gasteiger partial charge in [0.05, 0.1) is 0 Å². The normalized spacial score (nSPS) is 24.5. The van der Waals surface area contributed by atoms with Gasteiger partial charge in [-0.2, -0.15) is 0 Å². The Hall–Kier alpha value is -1.35. The Balaban J connectivity index is 2.69. The van der Waals surface area contributed by atoms with Crippen LogP contribution in [0.15, 0.2) is 36.5 Å². The Kier molecular flexibility index (Phi) is 4.31. The highest BCUT2D eigenvalue weighted by Gasteiger charge is 2.22. The minimum Gasteiger partial charge on any atom is -0.455 e. The monoisotopic (exact) mass is 208 g/mol. The first kappa shape index (κ1) is 11.7. The Morgan fingerprint density at radius 2 is 2.33 bits per heavy atom. The first-order valence-corrected chi connectivity index (χ1v) is 4.87. The predicted molar refractivity (Wildman–Crippen MR) is 58.4 cm³/mol. The van der Waals surface area contributed by atoms with E-state index in [1.54, 1.807) is 7.11 Å². The van der Waals surface area contributed by atoms with Crippen molar-refractivity contribution in [3.63, 3.8) is 0 Å². The molecule has 0 saturated heterocycles. The molecule has 0 aliphatic heterocycles. The van der Waals surface area contributed by atoms with Crippen LogP contribution in [0.5, 0.6) is 0 Å². The Morgan fingerprint density at radius 1 is 1.60 bits per heavy atom. The van der Waals surface area contributed by atoms with Crippen LogP contribution in [0.1, 0.15) is 13.3 Å². The van der Waals surface area contributed by atoms with E-state index < -0.39 is 0 Å². The van der Waals surface area contributed by atoms with Gasteiger partial charge in [0.25, 0.3) is 0 Å². The van der Waals surface area contributed by atoms with E-state index in [0.29, 0.717) is 0 Å². The molecule has 82 valence electrons. The number of rotatable bonds is 4. The van der Waals surface area contributed by atoms with Crippen LogP contribution < -0.4 is 0 Å². The lowest BCUT2D eigenvalue weighted by molar-refractivity contribution is -0.148. The first-order chi connectivity index (χ1) is 7.17. The Morgan fingerprint density at radius 3 is 2.87 bits per heavy atom. The van der Waals surface area contributed by atoms with Crippen molar-refractivity contribution in [2.75, 3.05) is 7.11 Å². The SMILES string of the molecule is C=CCC1=CC(OC)C(OC(C)=O)C=C1. The molecule has 0 saturated carbocycles. The predicted octanol–water partition coefficient (Wildman–Crippen LogP) is 2.01. The molecule has 0 radical (unpaired) electrons. The zero-order valence-corrected chi connectivity index (χ0v) is 9.10. The van der Waals surface area contributed by atoms with Crippen LogP contribution in [0.3, 0.4) is 0 Å². The summed E-state index contributed by atoms with van der Waals surface area (Å²) in [6.45, 7) is 5.06. The smallest absolute Gasteiger partial charge is 0.303 e. The summed E-state index contributed by atoms with van der Waals surface area (Å²) in [7, 11) is 1.60. The van der Waals surface area contributed by atoms with E-state index in [-0.39, 0.29) is 18.2 Å². The zero-order chi connectivity index (χ0) is 11.3. The standard InChI is InChI=1S/C12H16O3/c1-4-5-10-6-7-11(15-9(2)13)12(8-10)14-3/h4,6-8,11-12H,1,5H2,2-3H3. The maximum Gasteiger partial charge on any atom is 0.303 e. The van der Waals surface area contributed by atoms with Crippen molar-refractivity contribution in [2.45, 2.75) is 25.6 Å². The third-order valence-corrected chi connectivity index (χ3v) is 2.16. The fourth-order valence-electron chi connectivity index (χ4n) is 1.49. The number of allylic oxidation sites excluding steroid dienone is 3. The highest BCUT2D eigenvalue weighted by atomic mass is 16.6. The second-order valence-corrected chi connectivity index (χ2v) is 3.37. The summed E-state index contributed by atoms with van der Waals surface area (Å²) >= 11 is 0. The second-order valence-electron chi connectivity index (χ2n) is 3.37. The summed E-state index contributed by atoms with van der Waals surface area (Å²) in [5.41, 5.74) is 1.13. The van der Waals surface area contributed by atoms with Crippen molar-refractivity contribution < 1.29 is 14.3 Å². The fourth-order valence-corrected chi connectivity index (χ4v) is 1.49. The molecule has 0 N–H and O–H groups in total. The minimum absolute atomic E-state index is 0.200. The fraction of sp³-hybridized carbons (Fsp3) is 0.417. The molecule has 3 nitrogen and oxygen atoms in total. The van der Waals surface area contributed by atoms with E-state index in [9.17, 15) is 4.79 Å². The van der Waals surface area contributed by atoms with Gasteiger partial charge >= 0.3 is 5.97 Å². The third-order valence-electron chi connectivity index (χ3n) is 2.16. The van der Waals surface area contributed by atoms with Gasteiger partial charge in [0.2, 0.25) is 0 Å². The molecule has 1 aliphatic carbocycles. The summed E-state index contributed by atoms with van der Waals surface area (Å²) in [4.78, 5) is 10.8. The number of ether oxygens (including phenoxy) is 2. The number of carbonyl (C=O) groups excluding carboxylic acids is 1. The summed E-state index contributed by atoms with van der Waals surface area (Å²) in [6.07, 6.45) is 7.84. The zero-order valence-electron chi connectivity index (χ0n) is 9.10. The summed E-state index contributed by atoms with van der Waals surface area (Å²) in [5.74, 6) is -0.299. The highest BCUT2D eigenvalue weighted by molar-refractivity contribution is 5.66. The molecule has 1 aliphatic rings. The molecular weight excluding hydrogens is 192 g/mol. The number of hydrogen-bond donors (Lipinski definition) is 0. The van der Waals surface area contributed by atoms with Crippen LogP contribution in [0.2, 0.25) is 0 Å². The highest BCUT2D eigenvalue weighted by Crippen LogP contribution is 2.19. The van der Waals surface area contributed by atoms with Crippen molar-refractivity contribution in [1.82, 2.24) is 0 Å². The van der Waals surface area contributed by atoms with Gasteiger partial charge < -0.3 is 9.47 Å². The molecule has 0 aromatic rings. The molecular formula is C12H16O3. The van der Waals surface area contributed by atoms with Crippen molar-refractivity contribution in [2.24, 2.45) is 0 Å². The van der Waals surface area contributed by atoms with E-state index in [2.05, 4.69) is 6.58 Å². The summed E-state index contributed by atoms with van der Waals surface area (Å²) in [5, 5.41) is 0. The van der Waals surface area contributed by atoms with Gasteiger partial charge in [-0.15, -0.1) is 6.58 Å². The lowest BCUT2D eigenvalue weighted by Gasteiger charge is -2.24. The molecule has 0 aromatic heterocycles. The average Bonchev–Trinajstić information content (AvgIpc) is 2.20. The topological polar surface area (TPSA) is 35.5 Å². The van der Waals surface area contributed by atoms with E-state index in [1.807, 2.05) is 24.3 Å². The van der Waals surface area contributed by atoms with Gasteiger partial charge in [0.1, 0.15) is 12.2 Å². The summed E-state index contributed by atoms with van der Waals surface area (Å²) < 4.78 is 10.3. The number of methoxy groups -OCH3 is 1. The number of esters is 1. The van der Waals surface area contributed by atoms with Gasteiger partial charge in [-0.05, 0) is 24.1 Å². The summed E-state index contributed by atoms with van der Waals surface area (Å²) in [6, 6.07) is 0. The van der Waals surface area contributed by atoms with Gasteiger partial charge in [-0.25, -0.2) is 0 Å². The number of carbonyl (C=O) groups is 1. The Labute approximate surface area is 90.1 Å². The van der Waals surface area contributed by atoms with Crippen molar-refractivity contribution >= 4 is 5.97 Å². The molecule has 0 spiro atoms. The minimum atomic E-state index is -0.318. The largest absolute Gasteiger partial charge is 0.455 e. The molecule has 0 heterocycles. The molecule has 15 heavy (non-hydrogen) atoms. The van der Waals surface area contributed by atoms with Gasteiger partial charge in [-0.3, -0.25) is 4.79 Å². The van der Waals surface area contributed by atoms with Crippen molar-refractivity contribution in [3.05, 3.63) is 36.5 Å². The number of hydrogen-bond acceptors (Lipinski definition) is 3. The molecule has 0 aromatic carbocycles. The van der Waals surface area contributed by atoms with Gasteiger partial charge in [0.15, 0.2) is 0 Å². The van der Waals surface area contributed by atoms with Gasteiger partial charge in [0, 0.05) is 14.0 Å². The lowest BCUT2D eigenvalue weighted by atomic mass is 10.00. The lowest BCUT2D eigenvalue weighted by Crippen LogP contribution is -2.31. The van der Waals surface area contributed by atoms with E-state index in [0.717, 1.165) is 12.0 Å². The third kappa shape index (κ3) is 3.36. The van der Waals surface area contributed by atoms with Crippen LogP contribution in [0, 0.1) is 0 Å². The van der Waals surface area contributed by atoms with Crippen LogP contribution in [0.4, 0.5) is 0 Å². The molecule has 0 amide bonds. The van der Waals surface area contributed by atoms with Gasteiger partial charge in [-0.1, -0.05) is 12.2 Å². The second kappa shape index (κ2) is 5.51. The van der Waals surface area contributed by atoms with Crippen LogP contribution >= 0.6 is 0 Å². The van der Waals surface area contributed by atoms with Crippen molar-refractivity contribution in [1.29, 1.82) is 0 Å². The maximum absolute atomic E-state index is 10.8. The maximum atomic E-state index is 10.8. The van der Waals surface area contributed by atoms with Crippen LogP contribution in [-0.2, 0) is 14.3 Å². The molecule has 2 atom stereocenters. The molecule has 1 rings (SSSR count). The van der Waals surface area contributed by atoms with E-state index in [1.165, 1.54) is 6.92 Å². The molecule has 0 fully saturated rings. The molecule has 2 unspecified atom stereocenters. The van der Waals surface area contributed by atoms with Crippen LogP contribution in [0.25, 0.3) is 0 Å².